The Labute approximate surface area is 107 Å². The van der Waals surface area contributed by atoms with Crippen LogP contribution in [0.2, 0.25) is 0 Å². The molecule has 1 aromatic rings. The Bertz CT molecular complexity index is 443. The highest BCUT2D eigenvalue weighted by Crippen LogP contribution is 2.32. The van der Waals surface area contributed by atoms with Crippen LogP contribution in [0.1, 0.15) is 12.0 Å². The van der Waals surface area contributed by atoms with Gasteiger partial charge in [-0.05, 0) is 12.1 Å². The van der Waals surface area contributed by atoms with Crippen LogP contribution >= 0.6 is 15.9 Å². The van der Waals surface area contributed by atoms with E-state index in [4.69, 9.17) is 10.00 Å². The summed E-state index contributed by atoms with van der Waals surface area (Å²) in [4.78, 5) is 11.4. The molecule has 6 heteroatoms. The third-order valence-electron chi connectivity index (χ3n) is 2.04. The van der Waals surface area contributed by atoms with Crippen molar-refractivity contribution in [3.8, 4) is 11.8 Å². The van der Waals surface area contributed by atoms with Crippen molar-refractivity contribution in [3.63, 3.8) is 0 Å². The average molecular weight is 299 g/mol. The minimum Gasteiger partial charge on any atom is -0.495 e. The van der Waals surface area contributed by atoms with Crippen molar-refractivity contribution < 1.29 is 14.6 Å². The number of carbonyl (C=O) groups excluding carboxylic acids is 1. The lowest BCUT2D eigenvalue weighted by atomic mass is 10.1. The van der Waals surface area contributed by atoms with Gasteiger partial charge in [-0.1, -0.05) is 15.9 Å². The molecule has 0 bridgehead atoms. The molecule has 90 valence electrons. The summed E-state index contributed by atoms with van der Waals surface area (Å²) in [6.07, 6.45) is -0.246. The highest BCUT2D eigenvalue weighted by atomic mass is 79.9. The number of rotatable bonds is 4. The summed E-state index contributed by atoms with van der Waals surface area (Å²) in [5.74, 6) is -0.0162. The van der Waals surface area contributed by atoms with Crippen molar-refractivity contribution >= 4 is 27.5 Å². The topological polar surface area (TPSA) is 82.3 Å². The molecule has 1 amide bonds. The number of hydrogen-bond acceptors (Lipinski definition) is 4. The number of ether oxygens (including phenoxy) is 1. The van der Waals surface area contributed by atoms with E-state index in [1.54, 1.807) is 18.2 Å². The summed E-state index contributed by atoms with van der Waals surface area (Å²) in [6, 6.07) is 5.09. The number of aliphatic hydroxyl groups is 1. The Balaban J connectivity index is 3.11. The van der Waals surface area contributed by atoms with Crippen molar-refractivity contribution in [2.75, 3.05) is 12.4 Å². The molecule has 0 aromatic heterocycles. The van der Waals surface area contributed by atoms with Gasteiger partial charge in [-0.3, -0.25) is 4.79 Å². The quantitative estimate of drug-likeness (QED) is 0.888. The molecule has 2 N–H and O–H groups in total. The fourth-order valence-corrected chi connectivity index (χ4v) is 1.80. The second-order valence-corrected chi connectivity index (χ2v) is 4.10. The van der Waals surface area contributed by atoms with E-state index in [0.717, 1.165) is 4.47 Å². The normalized spacial score (nSPS) is 9.53. The van der Waals surface area contributed by atoms with E-state index in [0.29, 0.717) is 17.0 Å². The number of methoxy groups -OCH3 is 1. The van der Waals surface area contributed by atoms with Crippen molar-refractivity contribution in [3.05, 3.63) is 22.2 Å². The van der Waals surface area contributed by atoms with Gasteiger partial charge in [0.15, 0.2) is 0 Å². The van der Waals surface area contributed by atoms with Crippen molar-refractivity contribution in [2.24, 2.45) is 0 Å². The Hall–Kier alpha value is -1.58. The summed E-state index contributed by atoms with van der Waals surface area (Å²) in [7, 11) is 1.46. The fourth-order valence-electron chi connectivity index (χ4n) is 1.32. The third kappa shape index (κ3) is 3.44. The summed E-state index contributed by atoms with van der Waals surface area (Å²) >= 11 is 3.27. The summed E-state index contributed by atoms with van der Waals surface area (Å²) in [5, 5.41) is 20.2. The monoisotopic (exact) mass is 298 g/mol. The molecule has 5 nitrogen and oxygen atoms in total. The maximum atomic E-state index is 11.4. The molecule has 0 spiro atoms. The first-order valence-electron chi connectivity index (χ1n) is 4.76. The largest absolute Gasteiger partial charge is 0.495 e. The van der Waals surface area contributed by atoms with Crippen LogP contribution in [0.4, 0.5) is 5.69 Å². The van der Waals surface area contributed by atoms with E-state index in [-0.39, 0.29) is 13.0 Å². The molecule has 0 heterocycles. The molecule has 0 unspecified atom stereocenters. The van der Waals surface area contributed by atoms with Gasteiger partial charge in [-0.2, -0.15) is 5.26 Å². The van der Waals surface area contributed by atoms with Gasteiger partial charge in [0.2, 0.25) is 5.91 Å². The van der Waals surface area contributed by atoms with Gasteiger partial charge in [-0.15, -0.1) is 0 Å². The average Bonchev–Trinajstić information content (AvgIpc) is 2.31. The molecule has 0 saturated carbocycles. The van der Waals surface area contributed by atoms with E-state index in [2.05, 4.69) is 21.2 Å². The lowest BCUT2D eigenvalue weighted by molar-refractivity contribution is -0.115. The first-order valence-corrected chi connectivity index (χ1v) is 5.55. The molecular weight excluding hydrogens is 288 g/mol. The van der Waals surface area contributed by atoms with E-state index in [1.165, 1.54) is 7.11 Å². The van der Waals surface area contributed by atoms with Crippen LogP contribution in [0.3, 0.4) is 0 Å². The molecule has 1 aromatic carbocycles. The zero-order valence-corrected chi connectivity index (χ0v) is 10.7. The van der Waals surface area contributed by atoms with E-state index < -0.39 is 5.91 Å². The molecule has 0 saturated heterocycles. The van der Waals surface area contributed by atoms with Crippen LogP contribution in [0.25, 0.3) is 0 Å². The van der Waals surface area contributed by atoms with Crippen LogP contribution < -0.4 is 10.1 Å². The smallest absolute Gasteiger partial charge is 0.238 e. The van der Waals surface area contributed by atoms with Crippen molar-refractivity contribution in [2.45, 2.75) is 13.0 Å². The van der Waals surface area contributed by atoms with Gasteiger partial charge in [0.25, 0.3) is 0 Å². The lowest BCUT2D eigenvalue weighted by Crippen LogP contribution is -2.13. The zero-order valence-electron chi connectivity index (χ0n) is 9.16. The van der Waals surface area contributed by atoms with Crippen LogP contribution in [-0.2, 0) is 11.4 Å². The van der Waals surface area contributed by atoms with Crippen molar-refractivity contribution in [1.82, 2.24) is 0 Å². The predicted octanol–water partition coefficient (Wildman–Crippen LogP) is 1.80. The summed E-state index contributed by atoms with van der Waals surface area (Å²) in [5.41, 5.74) is 0.904. The number of nitriles is 1. The first-order chi connectivity index (χ1) is 8.12. The van der Waals surface area contributed by atoms with Crippen LogP contribution in [0, 0.1) is 11.3 Å². The van der Waals surface area contributed by atoms with Crippen LogP contribution in [0.5, 0.6) is 5.75 Å². The highest BCUT2D eigenvalue weighted by molar-refractivity contribution is 9.10. The number of nitrogens with zero attached hydrogens (tertiary/aromatic N) is 1. The van der Waals surface area contributed by atoms with Gasteiger partial charge in [-0.25, -0.2) is 0 Å². The number of nitrogens with one attached hydrogen (secondary N) is 1. The summed E-state index contributed by atoms with van der Waals surface area (Å²) in [6.45, 7) is -0.238. The molecule has 0 radical (unpaired) electrons. The first kappa shape index (κ1) is 13.5. The lowest BCUT2D eigenvalue weighted by Gasteiger charge is -2.13. The molecular formula is C11H11BrN2O3. The molecule has 0 aliphatic heterocycles. The Kier molecular flexibility index (Phi) is 4.94. The number of hydrogen-bond donors (Lipinski definition) is 2. The predicted molar refractivity (Wildman–Crippen MR) is 65.5 cm³/mol. The molecule has 0 aliphatic rings. The molecule has 1 rings (SSSR count). The number of anilines is 1. The Morgan fingerprint density at radius 2 is 2.35 bits per heavy atom. The molecule has 0 atom stereocenters. The van der Waals surface area contributed by atoms with Crippen LogP contribution in [-0.4, -0.2) is 18.1 Å². The number of carbonyl (C=O) groups is 1. The van der Waals surface area contributed by atoms with E-state index in [1.807, 2.05) is 0 Å². The van der Waals surface area contributed by atoms with Gasteiger partial charge in [0, 0.05) is 10.0 Å². The number of aliphatic hydroxyl groups excluding tert-OH is 1. The Morgan fingerprint density at radius 3 is 2.88 bits per heavy atom. The van der Waals surface area contributed by atoms with Gasteiger partial charge < -0.3 is 15.2 Å². The number of benzene rings is 1. The second kappa shape index (κ2) is 6.23. The minimum absolute atomic E-state index is 0.238. The number of halogens is 1. The maximum absolute atomic E-state index is 11.4. The van der Waals surface area contributed by atoms with E-state index >= 15 is 0 Å². The van der Waals surface area contributed by atoms with Crippen LogP contribution in [0.15, 0.2) is 16.6 Å². The van der Waals surface area contributed by atoms with Gasteiger partial charge >= 0.3 is 0 Å². The zero-order chi connectivity index (χ0) is 12.8. The molecule has 0 aliphatic carbocycles. The van der Waals surface area contributed by atoms with Gasteiger partial charge in [0.1, 0.15) is 12.2 Å². The summed E-state index contributed by atoms with van der Waals surface area (Å²) < 4.78 is 5.84. The second-order valence-electron chi connectivity index (χ2n) is 3.18. The SMILES string of the molecule is COc1cc(Br)cc(CO)c1NC(=O)CC#N. The van der Waals surface area contributed by atoms with Gasteiger partial charge in [0.05, 0.1) is 25.5 Å². The van der Waals surface area contributed by atoms with Crippen molar-refractivity contribution in [1.29, 1.82) is 5.26 Å². The standard InChI is InChI=1S/C11H11BrN2O3/c1-17-9-5-8(12)4-7(6-15)11(9)14-10(16)2-3-13/h4-5,15H,2,6H2,1H3,(H,14,16). The maximum Gasteiger partial charge on any atom is 0.238 e. The Morgan fingerprint density at radius 1 is 1.65 bits per heavy atom. The fraction of sp³-hybridized carbons (Fsp3) is 0.273. The molecule has 17 heavy (non-hydrogen) atoms. The van der Waals surface area contributed by atoms with E-state index in [9.17, 15) is 9.90 Å². The minimum atomic E-state index is -0.442. The number of amides is 1. The molecule has 0 fully saturated rings. The third-order valence-corrected chi connectivity index (χ3v) is 2.50. The highest BCUT2D eigenvalue weighted by Gasteiger charge is 2.13.